The summed E-state index contributed by atoms with van der Waals surface area (Å²) in [5.41, 5.74) is 0.253. The SMILES string of the molecule is CN(C(=O)N1CC(C)(OCC(=O)O)C1)c1ccccc1. The number of ether oxygens (including phenoxy) is 1. The Morgan fingerprint density at radius 1 is 1.35 bits per heavy atom. The lowest BCUT2D eigenvalue weighted by molar-refractivity contribution is -0.159. The third-order valence-electron chi connectivity index (χ3n) is 3.30. The topological polar surface area (TPSA) is 70.1 Å². The maximum absolute atomic E-state index is 12.2. The molecule has 1 aromatic rings. The van der Waals surface area contributed by atoms with E-state index >= 15 is 0 Å². The Hall–Kier alpha value is -2.08. The maximum Gasteiger partial charge on any atom is 0.329 e. The number of hydrogen-bond donors (Lipinski definition) is 1. The average Bonchev–Trinajstić information content (AvgIpc) is 2.41. The molecule has 1 fully saturated rings. The van der Waals surface area contributed by atoms with E-state index in [-0.39, 0.29) is 12.6 Å². The Bertz CT molecular complexity index is 497. The zero-order valence-electron chi connectivity index (χ0n) is 11.6. The quantitative estimate of drug-likeness (QED) is 0.904. The highest BCUT2D eigenvalue weighted by Crippen LogP contribution is 2.26. The van der Waals surface area contributed by atoms with Gasteiger partial charge in [-0.15, -0.1) is 0 Å². The summed E-state index contributed by atoms with van der Waals surface area (Å²) in [5.74, 6) is -1.00. The smallest absolute Gasteiger partial charge is 0.329 e. The van der Waals surface area contributed by atoms with Gasteiger partial charge in [-0.05, 0) is 19.1 Å². The highest BCUT2D eigenvalue weighted by Gasteiger charge is 2.43. The van der Waals surface area contributed by atoms with Crippen LogP contribution in [0.4, 0.5) is 10.5 Å². The molecular weight excluding hydrogens is 260 g/mol. The number of hydrogen-bond acceptors (Lipinski definition) is 3. The lowest BCUT2D eigenvalue weighted by atomic mass is 9.97. The van der Waals surface area contributed by atoms with Crippen molar-refractivity contribution in [2.75, 3.05) is 31.6 Å². The van der Waals surface area contributed by atoms with E-state index in [2.05, 4.69) is 0 Å². The van der Waals surface area contributed by atoms with Crippen molar-refractivity contribution in [1.82, 2.24) is 4.90 Å². The summed E-state index contributed by atoms with van der Waals surface area (Å²) in [7, 11) is 1.71. The summed E-state index contributed by atoms with van der Waals surface area (Å²) in [6.07, 6.45) is 0. The summed E-state index contributed by atoms with van der Waals surface area (Å²) in [6, 6.07) is 9.23. The Kier molecular flexibility index (Phi) is 3.94. The number of para-hydroxylation sites is 1. The van der Waals surface area contributed by atoms with E-state index in [1.807, 2.05) is 37.3 Å². The van der Waals surface area contributed by atoms with Gasteiger partial charge in [0.1, 0.15) is 12.2 Å². The molecule has 2 amide bonds. The fourth-order valence-electron chi connectivity index (χ4n) is 2.20. The Morgan fingerprint density at radius 3 is 2.50 bits per heavy atom. The number of carbonyl (C=O) groups excluding carboxylic acids is 1. The van der Waals surface area contributed by atoms with Crippen LogP contribution < -0.4 is 4.90 Å². The van der Waals surface area contributed by atoms with Gasteiger partial charge in [0.25, 0.3) is 0 Å². The van der Waals surface area contributed by atoms with Gasteiger partial charge in [0.2, 0.25) is 0 Å². The van der Waals surface area contributed by atoms with Crippen LogP contribution in [0.25, 0.3) is 0 Å². The van der Waals surface area contributed by atoms with Gasteiger partial charge < -0.3 is 14.7 Å². The van der Waals surface area contributed by atoms with Crippen molar-refractivity contribution in [3.05, 3.63) is 30.3 Å². The van der Waals surface area contributed by atoms with Crippen molar-refractivity contribution in [3.8, 4) is 0 Å². The second-order valence-corrected chi connectivity index (χ2v) is 5.17. The van der Waals surface area contributed by atoms with Gasteiger partial charge in [-0.1, -0.05) is 18.2 Å². The van der Waals surface area contributed by atoms with Gasteiger partial charge in [-0.2, -0.15) is 0 Å². The fraction of sp³-hybridized carbons (Fsp3) is 0.429. The number of amides is 2. The molecule has 1 saturated heterocycles. The van der Waals surface area contributed by atoms with Crippen LogP contribution in [0.3, 0.4) is 0 Å². The van der Waals surface area contributed by atoms with Crippen LogP contribution >= 0.6 is 0 Å². The first-order valence-electron chi connectivity index (χ1n) is 6.35. The predicted octanol–water partition coefficient (Wildman–Crippen LogP) is 1.42. The normalized spacial score (nSPS) is 16.4. The molecule has 1 heterocycles. The van der Waals surface area contributed by atoms with Crippen LogP contribution in [0, 0.1) is 0 Å². The van der Waals surface area contributed by atoms with E-state index in [0.29, 0.717) is 13.1 Å². The highest BCUT2D eigenvalue weighted by molar-refractivity contribution is 5.92. The summed E-state index contributed by atoms with van der Waals surface area (Å²) < 4.78 is 5.28. The van der Waals surface area contributed by atoms with Gasteiger partial charge in [0.05, 0.1) is 13.1 Å². The van der Waals surface area contributed by atoms with Crippen molar-refractivity contribution in [1.29, 1.82) is 0 Å². The number of anilines is 1. The second-order valence-electron chi connectivity index (χ2n) is 5.17. The maximum atomic E-state index is 12.2. The number of benzene rings is 1. The molecular formula is C14H18N2O4. The summed E-state index contributed by atoms with van der Waals surface area (Å²) >= 11 is 0. The molecule has 108 valence electrons. The van der Waals surface area contributed by atoms with Crippen LogP contribution in [-0.4, -0.2) is 54.4 Å². The standard InChI is InChI=1S/C14H18N2O4/c1-14(20-8-12(17)18)9-16(10-14)13(19)15(2)11-6-4-3-5-7-11/h3-7H,8-10H2,1-2H3,(H,17,18). The summed E-state index contributed by atoms with van der Waals surface area (Å²) in [4.78, 5) is 25.9. The Balaban J connectivity index is 1.89. The molecule has 0 atom stereocenters. The molecule has 0 spiro atoms. The second kappa shape index (κ2) is 5.50. The first-order valence-corrected chi connectivity index (χ1v) is 6.35. The predicted molar refractivity (Wildman–Crippen MR) is 73.8 cm³/mol. The first-order chi connectivity index (χ1) is 9.41. The molecule has 1 N–H and O–H groups in total. The van der Waals surface area contributed by atoms with E-state index in [1.54, 1.807) is 16.8 Å². The average molecular weight is 278 g/mol. The van der Waals surface area contributed by atoms with Gasteiger partial charge >= 0.3 is 12.0 Å². The van der Waals surface area contributed by atoms with Gasteiger partial charge in [-0.3, -0.25) is 4.90 Å². The molecule has 0 unspecified atom stereocenters. The number of likely N-dealkylation sites (tertiary alicyclic amines) is 1. The lowest BCUT2D eigenvalue weighted by Crippen LogP contribution is -2.65. The molecule has 1 aromatic carbocycles. The summed E-state index contributed by atoms with van der Waals surface area (Å²) in [5, 5.41) is 8.59. The number of nitrogens with zero attached hydrogens (tertiary/aromatic N) is 2. The van der Waals surface area contributed by atoms with E-state index in [1.165, 1.54) is 0 Å². The van der Waals surface area contributed by atoms with E-state index in [9.17, 15) is 9.59 Å². The highest BCUT2D eigenvalue weighted by atomic mass is 16.5. The fourth-order valence-corrected chi connectivity index (χ4v) is 2.20. The third-order valence-corrected chi connectivity index (χ3v) is 3.30. The zero-order chi connectivity index (χ0) is 14.8. The van der Waals surface area contributed by atoms with Crippen molar-refractivity contribution in [2.45, 2.75) is 12.5 Å². The molecule has 2 rings (SSSR count). The molecule has 20 heavy (non-hydrogen) atoms. The van der Waals surface area contributed by atoms with E-state index < -0.39 is 11.6 Å². The minimum Gasteiger partial charge on any atom is -0.480 e. The van der Waals surface area contributed by atoms with Crippen LogP contribution in [0.15, 0.2) is 30.3 Å². The number of carboxylic acids is 1. The molecule has 0 bridgehead atoms. The largest absolute Gasteiger partial charge is 0.480 e. The van der Waals surface area contributed by atoms with Crippen molar-refractivity contribution >= 4 is 17.7 Å². The van der Waals surface area contributed by atoms with Crippen molar-refractivity contribution < 1.29 is 19.4 Å². The van der Waals surface area contributed by atoms with E-state index in [0.717, 1.165) is 5.69 Å². The van der Waals surface area contributed by atoms with Crippen molar-refractivity contribution in [3.63, 3.8) is 0 Å². The lowest BCUT2D eigenvalue weighted by Gasteiger charge is -2.48. The van der Waals surface area contributed by atoms with Crippen LogP contribution in [0.5, 0.6) is 0 Å². The Labute approximate surface area is 117 Å². The third kappa shape index (κ3) is 3.08. The number of rotatable bonds is 4. The van der Waals surface area contributed by atoms with Gasteiger partial charge in [0.15, 0.2) is 0 Å². The molecule has 0 radical (unpaired) electrons. The first kappa shape index (κ1) is 14.3. The summed E-state index contributed by atoms with van der Waals surface area (Å²) in [6.45, 7) is 2.27. The van der Waals surface area contributed by atoms with Crippen molar-refractivity contribution in [2.24, 2.45) is 0 Å². The van der Waals surface area contributed by atoms with Gasteiger partial charge in [-0.25, -0.2) is 9.59 Å². The Morgan fingerprint density at radius 2 is 1.95 bits per heavy atom. The van der Waals surface area contributed by atoms with Gasteiger partial charge in [0, 0.05) is 12.7 Å². The number of urea groups is 1. The molecule has 6 heteroatoms. The minimum atomic E-state index is -1.00. The zero-order valence-corrected chi connectivity index (χ0v) is 11.6. The molecule has 1 aliphatic rings. The van der Waals surface area contributed by atoms with Crippen LogP contribution in [0.2, 0.25) is 0 Å². The monoisotopic (exact) mass is 278 g/mol. The molecule has 1 aliphatic heterocycles. The minimum absolute atomic E-state index is 0.118. The van der Waals surface area contributed by atoms with Crippen LogP contribution in [-0.2, 0) is 9.53 Å². The van der Waals surface area contributed by atoms with E-state index in [4.69, 9.17) is 9.84 Å². The number of aliphatic carboxylic acids is 1. The number of carbonyl (C=O) groups is 2. The molecule has 0 aromatic heterocycles. The molecule has 0 saturated carbocycles. The molecule has 6 nitrogen and oxygen atoms in total. The number of carboxylic acid groups (broad SMARTS) is 1. The van der Waals surface area contributed by atoms with Crippen LogP contribution in [0.1, 0.15) is 6.92 Å². The molecule has 0 aliphatic carbocycles.